The third kappa shape index (κ3) is 11.1. The van der Waals surface area contributed by atoms with Gasteiger partial charge >= 0.3 is 5.97 Å². The van der Waals surface area contributed by atoms with E-state index >= 15 is 0 Å². The van der Waals surface area contributed by atoms with E-state index in [0.29, 0.717) is 25.4 Å². The number of carbonyl (C=O) groups excluding carboxylic acids is 1. The Hall–Kier alpha value is -1.82. The average Bonchev–Trinajstić information content (AvgIpc) is 3.25. The van der Waals surface area contributed by atoms with Gasteiger partial charge in [0, 0.05) is 11.6 Å². The van der Waals surface area contributed by atoms with Crippen molar-refractivity contribution in [3.05, 3.63) is 17.9 Å². The summed E-state index contributed by atoms with van der Waals surface area (Å²) in [4.78, 5) is 24.5. The molecule has 0 aromatic carbocycles. The molecule has 1 aromatic rings. The van der Waals surface area contributed by atoms with E-state index < -0.39 is 23.2 Å². The first-order valence-electron chi connectivity index (χ1n) is 13.3. The number of ketones is 1. The van der Waals surface area contributed by atoms with Gasteiger partial charge in [0.25, 0.3) is 5.95 Å². The second-order valence-electron chi connectivity index (χ2n) is 10.8. The largest absolute Gasteiger partial charge is 0.481 e. The van der Waals surface area contributed by atoms with E-state index in [-0.39, 0.29) is 18.1 Å². The molecule has 3 N–H and O–H groups in total. The van der Waals surface area contributed by atoms with Crippen LogP contribution in [-0.2, 0) is 4.79 Å². The molecule has 0 radical (unpaired) electrons. The number of rotatable bonds is 19. The van der Waals surface area contributed by atoms with Gasteiger partial charge in [0.15, 0.2) is 5.76 Å². The predicted octanol–water partition coefficient (Wildman–Crippen LogP) is 7.11. The molecule has 1 rings (SSSR count). The molecule has 0 fully saturated rings. The summed E-state index contributed by atoms with van der Waals surface area (Å²) in [5.41, 5.74) is 5.57. The lowest BCUT2D eigenvalue weighted by Crippen LogP contribution is -2.43. The highest BCUT2D eigenvalue weighted by atomic mass is 16.6. The fourth-order valence-electron chi connectivity index (χ4n) is 4.28. The van der Waals surface area contributed by atoms with Crippen molar-refractivity contribution < 1.29 is 23.8 Å². The lowest BCUT2D eigenvalue weighted by molar-refractivity contribution is -0.140. The van der Waals surface area contributed by atoms with Crippen LogP contribution < -0.4 is 10.5 Å². The van der Waals surface area contributed by atoms with E-state index in [0.717, 1.165) is 18.3 Å². The predicted molar refractivity (Wildman–Crippen MR) is 137 cm³/mol. The van der Waals surface area contributed by atoms with Gasteiger partial charge in [-0.3, -0.25) is 9.59 Å². The van der Waals surface area contributed by atoms with Crippen LogP contribution in [0.25, 0.3) is 0 Å². The third-order valence-electron chi connectivity index (χ3n) is 7.18. The molecule has 1 aromatic heterocycles. The summed E-state index contributed by atoms with van der Waals surface area (Å²) in [7, 11) is 0. The van der Waals surface area contributed by atoms with E-state index in [2.05, 4.69) is 27.7 Å². The molecule has 3 unspecified atom stereocenters. The Bertz CT molecular complexity index is 722. The van der Waals surface area contributed by atoms with Gasteiger partial charge in [-0.2, -0.15) is 0 Å². The molecule has 0 aliphatic rings. The summed E-state index contributed by atoms with van der Waals surface area (Å²) in [5.74, 6) is -0.567. The van der Waals surface area contributed by atoms with Crippen molar-refractivity contribution in [3.8, 4) is 5.95 Å². The number of Topliss-reactive ketones (excluding diaryl/α,β-unsaturated/α-hetero) is 1. The smallest absolute Gasteiger partial charge is 0.314 e. The van der Waals surface area contributed by atoms with Gasteiger partial charge in [-0.1, -0.05) is 80.1 Å². The number of carboxylic acid groups (broad SMARTS) is 1. The molecular formula is C28H49NO5. The van der Waals surface area contributed by atoms with E-state index in [1.807, 2.05) is 13.8 Å². The zero-order valence-corrected chi connectivity index (χ0v) is 22.4. The van der Waals surface area contributed by atoms with Gasteiger partial charge in [-0.15, -0.1) is 0 Å². The molecule has 3 atom stereocenters. The summed E-state index contributed by atoms with van der Waals surface area (Å²) in [6.45, 7) is 13.5. The van der Waals surface area contributed by atoms with Crippen molar-refractivity contribution in [2.75, 3.05) is 6.61 Å². The van der Waals surface area contributed by atoms with Gasteiger partial charge < -0.3 is 20.0 Å². The maximum atomic E-state index is 12.8. The number of carbonyl (C=O) groups is 2. The standard InChI is InChI=1S/C28H49NO5/c1-7-28(29,8-2)19-23(27(31)32)26(30)24-15-16-25(34-24)33-18-17-22(6)14-10-13-21(5)12-9-11-20(3)4/h15-16,20-23H,7-14,17-19,29H2,1-6H3,(H,31,32). The number of ether oxygens (including phenoxy) is 1. The lowest BCUT2D eigenvalue weighted by atomic mass is 9.81. The highest BCUT2D eigenvalue weighted by Crippen LogP contribution is 2.27. The van der Waals surface area contributed by atoms with Crippen LogP contribution in [0.3, 0.4) is 0 Å². The molecule has 34 heavy (non-hydrogen) atoms. The van der Waals surface area contributed by atoms with E-state index in [1.165, 1.54) is 44.6 Å². The molecule has 0 saturated heterocycles. The molecule has 0 saturated carbocycles. The quantitative estimate of drug-likeness (QED) is 0.162. The molecule has 0 aliphatic heterocycles. The van der Waals surface area contributed by atoms with Crippen LogP contribution >= 0.6 is 0 Å². The zero-order valence-electron chi connectivity index (χ0n) is 22.4. The van der Waals surface area contributed by atoms with Crippen molar-refractivity contribution in [1.29, 1.82) is 0 Å². The van der Waals surface area contributed by atoms with Crippen LogP contribution in [0.15, 0.2) is 16.5 Å². The van der Waals surface area contributed by atoms with Crippen molar-refractivity contribution in [2.24, 2.45) is 29.4 Å². The normalized spacial score (nSPS) is 14.7. The number of carboxylic acids is 1. The third-order valence-corrected chi connectivity index (χ3v) is 7.18. The SMILES string of the molecule is CCC(N)(CC)CC(C(=O)O)C(=O)c1ccc(OCCC(C)CCCC(C)CCCC(C)C)o1. The molecule has 0 aliphatic carbocycles. The number of hydrogen-bond acceptors (Lipinski definition) is 5. The Morgan fingerprint density at radius 1 is 0.971 bits per heavy atom. The zero-order chi connectivity index (χ0) is 25.7. The lowest BCUT2D eigenvalue weighted by Gasteiger charge is -2.28. The second kappa shape index (κ2) is 15.2. The van der Waals surface area contributed by atoms with Gasteiger partial charge in [0.1, 0.15) is 5.92 Å². The van der Waals surface area contributed by atoms with Crippen LogP contribution in [0, 0.1) is 23.7 Å². The Labute approximate surface area is 207 Å². The summed E-state index contributed by atoms with van der Waals surface area (Å²) >= 11 is 0. The Balaban J connectivity index is 2.43. The first-order valence-corrected chi connectivity index (χ1v) is 13.3. The Morgan fingerprint density at radius 3 is 2.06 bits per heavy atom. The Kier molecular flexibility index (Phi) is 13.5. The van der Waals surface area contributed by atoms with Gasteiger partial charge in [-0.25, -0.2) is 0 Å². The summed E-state index contributed by atoms with van der Waals surface area (Å²) < 4.78 is 11.2. The van der Waals surface area contributed by atoms with Crippen LogP contribution in [0.1, 0.15) is 116 Å². The minimum absolute atomic E-state index is 0.0106. The van der Waals surface area contributed by atoms with Crippen molar-refractivity contribution in [3.63, 3.8) is 0 Å². The Morgan fingerprint density at radius 2 is 1.53 bits per heavy atom. The average molecular weight is 480 g/mol. The first kappa shape index (κ1) is 30.2. The molecule has 196 valence electrons. The highest BCUT2D eigenvalue weighted by molar-refractivity contribution is 6.06. The second-order valence-corrected chi connectivity index (χ2v) is 10.8. The topological polar surface area (TPSA) is 103 Å². The summed E-state index contributed by atoms with van der Waals surface area (Å²) in [5, 5.41) is 9.59. The van der Waals surface area contributed by atoms with E-state index in [9.17, 15) is 14.7 Å². The minimum Gasteiger partial charge on any atom is -0.481 e. The highest BCUT2D eigenvalue weighted by Gasteiger charge is 2.36. The summed E-state index contributed by atoms with van der Waals surface area (Å²) in [6.07, 6.45) is 9.84. The van der Waals surface area contributed by atoms with Crippen LogP contribution in [0.5, 0.6) is 5.95 Å². The molecule has 0 spiro atoms. The molecule has 0 amide bonds. The number of nitrogens with two attached hydrogens (primary N) is 1. The monoisotopic (exact) mass is 479 g/mol. The van der Waals surface area contributed by atoms with Crippen LogP contribution in [0.2, 0.25) is 0 Å². The van der Waals surface area contributed by atoms with Gasteiger partial charge in [-0.05, 0) is 49.5 Å². The fourth-order valence-corrected chi connectivity index (χ4v) is 4.28. The summed E-state index contributed by atoms with van der Waals surface area (Å²) in [6, 6.07) is 3.08. The number of hydrogen-bond donors (Lipinski definition) is 2. The van der Waals surface area contributed by atoms with E-state index in [1.54, 1.807) is 6.07 Å². The van der Waals surface area contributed by atoms with Crippen molar-refractivity contribution in [1.82, 2.24) is 0 Å². The molecule has 6 nitrogen and oxygen atoms in total. The minimum atomic E-state index is -1.23. The van der Waals surface area contributed by atoms with Crippen LogP contribution in [-0.4, -0.2) is 29.0 Å². The van der Waals surface area contributed by atoms with Gasteiger partial charge in [0.2, 0.25) is 5.78 Å². The molecule has 6 heteroatoms. The van der Waals surface area contributed by atoms with Crippen LogP contribution in [0.4, 0.5) is 0 Å². The fraction of sp³-hybridized carbons (Fsp3) is 0.786. The maximum absolute atomic E-state index is 12.8. The first-order chi connectivity index (χ1) is 16.0. The number of aliphatic carboxylic acids is 1. The molecule has 0 bridgehead atoms. The van der Waals surface area contributed by atoms with Crippen molar-refractivity contribution >= 4 is 11.8 Å². The van der Waals surface area contributed by atoms with Gasteiger partial charge in [0.05, 0.1) is 6.61 Å². The maximum Gasteiger partial charge on any atom is 0.314 e. The molecular weight excluding hydrogens is 430 g/mol. The van der Waals surface area contributed by atoms with Crippen molar-refractivity contribution in [2.45, 2.75) is 111 Å². The number of furan rings is 1. The van der Waals surface area contributed by atoms with E-state index in [4.69, 9.17) is 14.9 Å². The molecule has 1 heterocycles.